The molecule has 1 N–H and O–H groups in total. The van der Waals surface area contributed by atoms with E-state index in [1.54, 1.807) is 0 Å². The number of nitrogens with zero attached hydrogens (tertiary/aromatic N) is 1. The summed E-state index contributed by atoms with van der Waals surface area (Å²) in [5, 5.41) is 2.97. The Morgan fingerprint density at radius 1 is 1.25 bits per heavy atom. The number of nitrogens with one attached hydrogen (secondary N) is 1. The van der Waals surface area contributed by atoms with Crippen molar-refractivity contribution in [3.63, 3.8) is 0 Å². The topological polar surface area (TPSA) is 49.4 Å². The van der Waals surface area contributed by atoms with Crippen molar-refractivity contribution in [2.24, 2.45) is 11.3 Å². The molecule has 2 aliphatic carbocycles. The average molecular weight is 278 g/mol. The van der Waals surface area contributed by atoms with E-state index in [4.69, 9.17) is 0 Å². The van der Waals surface area contributed by atoms with Gasteiger partial charge in [-0.3, -0.25) is 9.59 Å². The molecule has 0 aromatic heterocycles. The second-order valence-electron chi connectivity index (χ2n) is 6.96. The van der Waals surface area contributed by atoms with Gasteiger partial charge in [0.1, 0.15) is 12.1 Å². The number of hydrogen-bond acceptors (Lipinski definition) is 2. The SMILES string of the molecule is CCCC1(CN2C(=O)C(C3CC3)NC(=O)C2CC)CC1. The molecular formula is C16H26N2O2. The second kappa shape index (κ2) is 5.05. The van der Waals surface area contributed by atoms with E-state index in [0.29, 0.717) is 11.3 Å². The summed E-state index contributed by atoms with van der Waals surface area (Å²) in [6, 6.07) is -0.477. The first-order chi connectivity index (χ1) is 9.60. The van der Waals surface area contributed by atoms with E-state index in [0.717, 1.165) is 32.2 Å². The first kappa shape index (κ1) is 13.9. The highest BCUT2D eigenvalue weighted by Crippen LogP contribution is 2.51. The van der Waals surface area contributed by atoms with Crippen LogP contribution in [0, 0.1) is 11.3 Å². The molecule has 2 amide bonds. The van der Waals surface area contributed by atoms with Crippen LogP contribution >= 0.6 is 0 Å². The van der Waals surface area contributed by atoms with Crippen molar-refractivity contribution in [3.8, 4) is 0 Å². The summed E-state index contributed by atoms with van der Waals surface area (Å²) in [6.07, 6.45) is 7.67. The number of hydrogen-bond donors (Lipinski definition) is 1. The van der Waals surface area contributed by atoms with E-state index in [1.807, 2.05) is 11.8 Å². The summed E-state index contributed by atoms with van der Waals surface area (Å²) in [5.41, 5.74) is 0.323. The van der Waals surface area contributed by atoms with Crippen LogP contribution in [0.4, 0.5) is 0 Å². The van der Waals surface area contributed by atoms with Gasteiger partial charge in [0.15, 0.2) is 0 Å². The molecule has 2 unspecified atom stereocenters. The molecule has 4 nitrogen and oxygen atoms in total. The van der Waals surface area contributed by atoms with Gasteiger partial charge in [0.05, 0.1) is 0 Å². The van der Waals surface area contributed by atoms with Gasteiger partial charge in [-0.05, 0) is 49.9 Å². The minimum Gasteiger partial charge on any atom is -0.342 e. The molecule has 3 rings (SSSR count). The molecule has 1 aliphatic heterocycles. The summed E-state index contributed by atoms with van der Waals surface area (Å²) in [6.45, 7) is 5.01. The molecule has 0 aromatic rings. The molecule has 3 fully saturated rings. The summed E-state index contributed by atoms with van der Waals surface area (Å²) in [5.74, 6) is 0.644. The predicted molar refractivity (Wildman–Crippen MR) is 77.0 cm³/mol. The monoisotopic (exact) mass is 278 g/mol. The fraction of sp³-hybridized carbons (Fsp3) is 0.875. The van der Waals surface area contributed by atoms with Crippen molar-refractivity contribution < 1.29 is 9.59 Å². The van der Waals surface area contributed by atoms with Crippen LogP contribution in [0.1, 0.15) is 58.8 Å². The molecular weight excluding hydrogens is 252 g/mol. The Morgan fingerprint density at radius 3 is 2.45 bits per heavy atom. The Balaban J connectivity index is 1.76. The molecule has 2 atom stereocenters. The Hall–Kier alpha value is -1.06. The smallest absolute Gasteiger partial charge is 0.246 e. The molecule has 0 spiro atoms. The lowest BCUT2D eigenvalue weighted by Gasteiger charge is -2.40. The van der Waals surface area contributed by atoms with Gasteiger partial charge in [-0.2, -0.15) is 0 Å². The third-order valence-electron chi connectivity index (χ3n) is 5.25. The van der Waals surface area contributed by atoms with Crippen LogP contribution in [-0.4, -0.2) is 35.3 Å². The van der Waals surface area contributed by atoms with Gasteiger partial charge in [-0.1, -0.05) is 20.3 Å². The lowest BCUT2D eigenvalue weighted by Crippen LogP contribution is -2.64. The Labute approximate surface area is 121 Å². The quantitative estimate of drug-likeness (QED) is 0.808. The number of carbonyl (C=O) groups is 2. The molecule has 3 aliphatic rings. The largest absolute Gasteiger partial charge is 0.342 e. The zero-order valence-electron chi connectivity index (χ0n) is 12.7. The molecule has 0 radical (unpaired) electrons. The van der Waals surface area contributed by atoms with Gasteiger partial charge in [0.25, 0.3) is 0 Å². The fourth-order valence-corrected chi connectivity index (χ4v) is 3.68. The minimum absolute atomic E-state index is 0.0660. The number of carbonyl (C=O) groups excluding carboxylic acids is 2. The van der Waals surface area contributed by atoms with Crippen molar-refractivity contribution in [1.29, 1.82) is 0 Å². The van der Waals surface area contributed by atoms with E-state index < -0.39 is 0 Å². The average Bonchev–Trinajstić information content (AvgIpc) is 3.29. The zero-order chi connectivity index (χ0) is 14.3. The Bertz CT molecular complexity index is 413. The molecule has 0 bridgehead atoms. The maximum absolute atomic E-state index is 12.7. The van der Waals surface area contributed by atoms with Crippen LogP contribution in [0.5, 0.6) is 0 Å². The van der Waals surface area contributed by atoms with Gasteiger partial charge >= 0.3 is 0 Å². The van der Waals surface area contributed by atoms with Gasteiger partial charge < -0.3 is 10.2 Å². The molecule has 20 heavy (non-hydrogen) atoms. The van der Waals surface area contributed by atoms with Gasteiger partial charge in [0.2, 0.25) is 11.8 Å². The van der Waals surface area contributed by atoms with Gasteiger partial charge in [-0.15, -0.1) is 0 Å². The molecule has 4 heteroatoms. The first-order valence-corrected chi connectivity index (χ1v) is 8.21. The van der Waals surface area contributed by atoms with Crippen molar-refractivity contribution >= 4 is 11.8 Å². The zero-order valence-corrected chi connectivity index (χ0v) is 12.7. The third kappa shape index (κ3) is 2.45. The molecule has 2 saturated carbocycles. The first-order valence-electron chi connectivity index (χ1n) is 8.21. The third-order valence-corrected chi connectivity index (χ3v) is 5.25. The second-order valence-corrected chi connectivity index (χ2v) is 6.96. The van der Waals surface area contributed by atoms with Crippen molar-refractivity contribution in [2.75, 3.05) is 6.54 Å². The van der Waals surface area contributed by atoms with Crippen molar-refractivity contribution in [1.82, 2.24) is 10.2 Å². The van der Waals surface area contributed by atoms with E-state index in [2.05, 4.69) is 12.2 Å². The number of amides is 2. The summed E-state index contributed by atoms with van der Waals surface area (Å²) in [4.78, 5) is 26.9. The van der Waals surface area contributed by atoms with Crippen LogP contribution in [0.2, 0.25) is 0 Å². The Morgan fingerprint density at radius 2 is 1.95 bits per heavy atom. The van der Waals surface area contributed by atoms with Crippen LogP contribution in [0.15, 0.2) is 0 Å². The maximum atomic E-state index is 12.7. The lowest BCUT2D eigenvalue weighted by molar-refractivity contribution is -0.151. The van der Waals surface area contributed by atoms with Crippen molar-refractivity contribution in [3.05, 3.63) is 0 Å². The van der Waals surface area contributed by atoms with E-state index >= 15 is 0 Å². The summed E-state index contributed by atoms with van der Waals surface area (Å²) >= 11 is 0. The fourth-order valence-electron chi connectivity index (χ4n) is 3.68. The minimum atomic E-state index is -0.244. The van der Waals surface area contributed by atoms with Crippen LogP contribution < -0.4 is 5.32 Å². The standard InChI is InChI=1S/C16H26N2O2/c1-3-7-16(8-9-16)10-18-12(4-2)14(19)17-13(15(18)20)11-5-6-11/h11-13H,3-10H2,1-2H3,(H,17,19). The van der Waals surface area contributed by atoms with E-state index in [-0.39, 0.29) is 23.9 Å². The maximum Gasteiger partial charge on any atom is 0.246 e. The van der Waals surface area contributed by atoms with Gasteiger partial charge in [0, 0.05) is 6.54 Å². The highest BCUT2D eigenvalue weighted by molar-refractivity contribution is 5.97. The highest BCUT2D eigenvalue weighted by Gasteiger charge is 2.51. The van der Waals surface area contributed by atoms with Crippen LogP contribution in [0.3, 0.4) is 0 Å². The highest BCUT2D eigenvalue weighted by atomic mass is 16.2. The van der Waals surface area contributed by atoms with Crippen LogP contribution in [-0.2, 0) is 9.59 Å². The van der Waals surface area contributed by atoms with Gasteiger partial charge in [-0.25, -0.2) is 0 Å². The molecule has 1 saturated heterocycles. The van der Waals surface area contributed by atoms with Crippen molar-refractivity contribution in [2.45, 2.75) is 70.9 Å². The van der Waals surface area contributed by atoms with E-state index in [1.165, 1.54) is 19.3 Å². The molecule has 112 valence electrons. The summed E-state index contributed by atoms with van der Waals surface area (Å²) < 4.78 is 0. The Kier molecular flexibility index (Phi) is 3.51. The normalized spacial score (nSPS) is 32.2. The number of rotatable bonds is 6. The van der Waals surface area contributed by atoms with Crippen LogP contribution in [0.25, 0.3) is 0 Å². The lowest BCUT2D eigenvalue weighted by atomic mass is 9.95. The molecule has 1 heterocycles. The summed E-state index contributed by atoms with van der Waals surface area (Å²) in [7, 11) is 0. The number of piperazine rings is 1. The predicted octanol–water partition coefficient (Wildman–Crippen LogP) is 2.08. The van der Waals surface area contributed by atoms with E-state index in [9.17, 15) is 9.59 Å². The molecule has 0 aromatic carbocycles.